The van der Waals surface area contributed by atoms with Crippen molar-refractivity contribution in [1.82, 2.24) is 10.2 Å². The first-order valence-electron chi connectivity index (χ1n) is 12.9. The molecule has 8 nitrogen and oxygen atoms in total. The van der Waals surface area contributed by atoms with E-state index in [1.165, 1.54) is 12.1 Å². The highest BCUT2D eigenvalue weighted by Gasteiger charge is 2.82. The lowest BCUT2D eigenvalue weighted by Gasteiger charge is -2.33. The minimum atomic E-state index is -7.09. The van der Waals surface area contributed by atoms with Gasteiger partial charge in [-0.3, -0.25) is 0 Å². The Morgan fingerprint density at radius 1 is 0.952 bits per heavy atom. The molecular formula is C25H31F9N2O6. The number of nitrogens with zero attached hydrogens (tertiary/aromatic N) is 1. The molecule has 0 radical (unpaired) electrons. The Hall–Kier alpha value is -2.95. The van der Waals surface area contributed by atoms with Gasteiger partial charge in [0, 0.05) is 25.6 Å². The topological polar surface area (TPSA) is 97.3 Å². The summed E-state index contributed by atoms with van der Waals surface area (Å²) in [6.45, 7) is -1.16. The average molecular weight is 627 g/mol. The fraction of sp³-hybridized carbons (Fsp3) is 0.680. The van der Waals surface area contributed by atoms with Crippen LogP contribution >= 0.6 is 0 Å². The molecule has 0 aliphatic heterocycles. The molecule has 1 unspecified atom stereocenters. The van der Waals surface area contributed by atoms with E-state index in [-0.39, 0.29) is 38.0 Å². The molecule has 17 heteroatoms. The van der Waals surface area contributed by atoms with Crippen molar-refractivity contribution in [2.24, 2.45) is 0 Å². The van der Waals surface area contributed by atoms with Gasteiger partial charge in [-0.15, -0.1) is 0 Å². The van der Waals surface area contributed by atoms with Gasteiger partial charge in [0.05, 0.1) is 13.2 Å². The Kier molecular flexibility index (Phi) is 12.2. The maximum Gasteiger partial charge on any atom is 0.460 e. The van der Waals surface area contributed by atoms with E-state index in [0.29, 0.717) is 18.4 Å². The monoisotopic (exact) mass is 626 g/mol. The van der Waals surface area contributed by atoms with E-state index < -0.39 is 55.4 Å². The Labute approximate surface area is 235 Å². The van der Waals surface area contributed by atoms with Gasteiger partial charge in [0.2, 0.25) is 0 Å². The third kappa shape index (κ3) is 9.02. The number of ether oxygens (including phenoxy) is 3. The molecule has 1 aromatic carbocycles. The number of carboxylic acids is 1. The van der Waals surface area contributed by atoms with Gasteiger partial charge in [0.1, 0.15) is 12.4 Å². The van der Waals surface area contributed by atoms with E-state index in [0.717, 1.165) is 17.7 Å². The number of nitrogens with one attached hydrogen (secondary N) is 1. The van der Waals surface area contributed by atoms with Crippen molar-refractivity contribution in [3.63, 3.8) is 0 Å². The molecule has 1 aliphatic carbocycles. The summed E-state index contributed by atoms with van der Waals surface area (Å²) < 4.78 is 132. The van der Waals surface area contributed by atoms with Crippen molar-refractivity contribution < 1.29 is 68.4 Å². The first-order chi connectivity index (χ1) is 19.4. The molecule has 42 heavy (non-hydrogen) atoms. The normalized spacial score (nSPS) is 15.9. The van der Waals surface area contributed by atoms with Crippen molar-refractivity contribution in [2.75, 3.05) is 32.9 Å². The lowest BCUT2D eigenvalue weighted by molar-refractivity contribution is -0.443. The van der Waals surface area contributed by atoms with Crippen LogP contribution in [0.5, 0.6) is 5.75 Å². The van der Waals surface area contributed by atoms with Crippen LogP contribution in [0.2, 0.25) is 0 Å². The molecule has 0 saturated heterocycles. The molecule has 0 heterocycles. The number of hydrogen-bond donors (Lipinski definition) is 2. The molecule has 1 atom stereocenters. The zero-order valence-corrected chi connectivity index (χ0v) is 22.4. The number of aliphatic carboxylic acids is 1. The molecule has 1 aromatic rings. The Morgan fingerprint density at radius 2 is 1.52 bits per heavy atom. The summed E-state index contributed by atoms with van der Waals surface area (Å²) in [5.74, 6) is -14.9. The standard InChI is InChI=1S/C25H31F9N2O6/c1-2-40-19(20(37)38)15-16-7-9-18(10-8-16)41-13-11-36(21(39)35-17-5-3-4-6-17)12-14-42-25(33,34)23(28,29)22(26,27)24(30,31)32/h7-10,17,19H,2-6,11-15H2,1H3,(H,35,39)(H,37,38). The SMILES string of the molecule is CCOC(Cc1ccc(OCCN(CCOC(F)(F)C(F)(F)C(F)(F)C(F)(F)F)C(=O)NC2CCCC2)cc1)C(=O)O. The van der Waals surface area contributed by atoms with E-state index in [9.17, 15) is 54.2 Å². The van der Waals surface area contributed by atoms with E-state index in [1.54, 1.807) is 19.1 Å². The summed E-state index contributed by atoms with van der Waals surface area (Å²) in [5.41, 5.74) is 0.603. The molecular weight excluding hydrogens is 595 g/mol. The molecule has 1 aliphatic rings. The minimum Gasteiger partial charge on any atom is -0.492 e. The molecule has 2 amide bonds. The van der Waals surface area contributed by atoms with E-state index in [4.69, 9.17) is 9.47 Å². The van der Waals surface area contributed by atoms with E-state index >= 15 is 0 Å². The fourth-order valence-corrected chi connectivity index (χ4v) is 4.01. The first kappa shape index (κ1) is 35.2. The number of amides is 2. The highest BCUT2D eigenvalue weighted by molar-refractivity contribution is 5.74. The van der Waals surface area contributed by atoms with Gasteiger partial charge < -0.3 is 29.5 Å². The number of urea groups is 1. The number of carboxylic acid groups (broad SMARTS) is 1. The Morgan fingerprint density at radius 3 is 2.05 bits per heavy atom. The van der Waals surface area contributed by atoms with Crippen LogP contribution in [-0.4, -0.2) is 91.2 Å². The van der Waals surface area contributed by atoms with Gasteiger partial charge >= 0.3 is 36.1 Å². The molecule has 240 valence electrons. The van der Waals surface area contributed by atoms with Crippen LogP contribution < -0.4 is 10.1 Å². The summed E-state index contributed by atoms with van der Waals surface area (Å²) in [5, 5.41) is 11.8. The fourth-order valence-electron chi connectivity index (χ4n) is 4.01. The van der Waals surface area contributed by atoms with Crippen LogP contribution in [0.1, 0.15) is 38.2 Å². The predicted octanol–water partition coefficient (Wildman–Crippen LogP) is 5.49. The number of hydrogen-bond acceptors (Lipinski definition) is 5. The molecule has 2 rings (SSSR count). The van der Waals surface area contributed by atoms with Crippen LogP contribution in [-0.2, 0) is 20.7 Å². The van der Waals surface area contributed by atoms with Gasteiger partial charge in [0.15, 0.2) is 6.10 Å². The number of halogens is 9. The predicted molar refractivity (Wildman–Crippen MR) is 128 cm³/mol. The Bertz CT molecular complexity index is 1020. The highest BCUT2D eigenvalue weighted by atomic mass is 19.4. The third-order valence-corrected chi connectivity index (χ3v) is 6.35. The van der Waals surface area contributed by atoms with E-state index in [1.807, 2.05) is 0 Å². The quantitative estimate of drug-likeness (QED) is 0.236. The average Bonchev–Trinajstić information content (AvgIpc) is 3.40. The zero-order valence-electron chi connectivity index (χ0n) is 22.4. The second kappa shape index (κ2) is 14.5. The van der Waals surface area contributed by atoms with Gasteiger partial charge in [0.25, 0.3) is 0 Å². The molecule has 1 fully saturated rings. The largest absolute Gasteiger partial charge is 0.492 e. The summed E-state index contributed by atoms with van der Waals surface area (Å²) in [7, 11) is 0. The van der Waals surface area contributed by atoms with Gasteiger partial charge in [-0.2, -0.15) is 39.5 Å². The summed E-state index contributed by atoms with van der Waals surface area (Å²) in [6.07, 6.45) is -11.4. The Balaban J connectivity index is 2.01. The van der Waals surface area contributed by atoms with E-state index in [2.05, 4.69) is 10.1 Å². The number of carbonyl (C=O) groups is 2. The molecule has 0 bridgehead atoms. The van der Waals surface area contributed by atoms with Gasteiger partial charge in [-0.05, 0) is 37.5 Å². The molecule has 0 aromatic heterocycles. The van der Waals surface area contributed by atoms with Crippen molar-refractivity contribution in [3.8, 4) is 5.75 Å². The second-order valence-electron chi connectivity index (χ2n) is 9.41. The van der Waals surface area contributed by atoms with Crippen LogP contribution in [0.15, 0.2) is 24.3 Å². The molecule has 0 spiro atoms. The maximum absolute atomic E-state index is 13.7. The third-order valence-electron chi connectivity index (χ3n) is 6.35. The lowest BCUT2D eigenvalue weighted by atomic mass is 10.1. The second-order valence-corrected chi connectivity index (χ2v) is 9.41. The van der Waals surface area contributed by atoms with Gasteiger partial charge in [-0.25, -0.2) is 9.59 Å². The maximum atomic E-state index is 13.7. The van der Waals surface area contributed by atoms with Gasteiger partial charge in [-0.1, -0.05) is 25.0 Å². The number of rotatable bonds is 16. The summed E-state index contributed by atoms with van der Waals surface area (Å²) in [4.78, 5) is 24.7. The first-order valence-corrected chi connectivity index (χ1v) is 12.9. The number of carbonyl (C=O) groups excluding carboxylic acids is 1. The number of alkyl halides is 9. The smallest absolute Gasteiger partial charge is 0.460 e. The molecule has 2 N–H and O–H groups in total. The molecule has 1 saturated carbocycles. The van der Waals surface area contributed by atoms with Crippen molar-refractivity contribution in [3.05, 3.63) is 29.8 Å². The summed E-state index contributed by atoms with van der Waals surface area (Å²) in [6, 6.07) is 4.97. The van der Waals surface area contributed by atoms with Crippen LogP contribution in [0.4, 0.5) is 44.3 Å². The number of benzene rings is 1. The summed E-state index contributed by atoms with van der Waals surface area (Å²) >= 11 is 0. The van der Waals surface area contributed by atoms with Crippen molar-refractivity contribution in [1.29, 1.82) is 0 Å². The van der Waals surface area contributed by atoms with Crippen molar-refractivity contribution >= 4 is 12.0 Å². The van der Waals surface area contributed by atoms with Crippen LogP contribution in [0.25, 0.3) is 0 Å². The van der Waals surface area contributed by atoms with Crippen LogP contribution in [0, 0.1) is 0 Å². The highest BCUT2D eigenvalue weighted by Crippen LogP contribution is 2.53. The minimum absolute atomic E-state index is 0.0666. The zero-order chi connectivity index (χ0) is 31.8. The van der Waals surface area contributed by atoms with Crippen molar-refractivity contribution in [2.45, 2.75) is 75.3 Å². The van der Waals surface area contributed by atoms with Crippen LogP contribution in [0.3, 0.4) is 0 Å². The lowest BCUT2D eigenvalue weighted by Crippen LogP contribution is -2.62.